The topological polar surface area (TPSA) is 52.9 Å². The number of para-hydroxylation sites is 1. The quantitative estimate of drug-likeness (QED) is 0.840. The van der Waals surface area contributed by atoms with Crippen molar-refractivity contribution >= 4 is 23.0 Å². The summed E-state index contributed by atoms with van der Waals surface area (Å²) in [6.07, 6.45) is -4.40. The molecule has 0 aliphatic carbocycles. The predicted molar refractivity (Wildman–Crippen MR) is 91.0 cm³/mol. The van der Waals surface area contributed by atoms with Crippen LogP contribution in [0.4, 0.5) is 24.5 Å². The molecule has 0 radical (unpaired) electrons. The summed E-state index contributed by atoms with van der Waals surface area (Å²) in [5.41, 5.74) is -2.02. The van der Waals surface area contributed by atoms with Gasteiger partial charge in [0.2, 0.25) is 5.78 Å². The molecule has 2 aliphatic heterocycles. The number of aryl methyl sites for hydroxylation is 1. The molecule has 2 aliphatic rings. The van der Waals surface area contributed by atoms with Crippen LogP contribution in [0, 0.1) is 6.92 Å². The minimum Gasteiger partial charge on any atom is -0.374 e. The Balaban J connectivity index is 1.90. The number of benzene rings is 2. The summed E-state index contributed by atoms with van der Waals surface area (Å²) in [5.74, 6) is -0.522. The monoisotopic (exact) mass is 360 g/mol. The Morgan fingerprint density at radius 1 is 1.19 bits per heavy atom. The van der Waals surface area contributed by atoms with Crippen molar-refractivity contribution in [3.8, 4) is 0 Å². The van der Waals surface area contributed by atoms with Crippen LogP contribution in [0.5, 0.6) is 0 Å². The molecular weight excluding hydrogens is 345 g/mol. The van der Waals surface area contributed by atoms with Gasteiger partial charge in [-0.15, -0.1) is 0 Å². The number of halogens is 3. The van der Waals surface area contributed by atoms with Gasteiger partial charge in [-0.2, -0.15) is 13.2 Å². The van der Waals surface area contributed by atoms with Gasteiger partial charge in [0.25, 0.3) is 0 Å². The number of ketones is 1. The van der Waals surface area contributed by atoms with Crippen LogP contribution in [0.15, 0.2) is 47.5 Å². The number of alkyl halides is 3. The van der Waals surface area contributed by atoms with Crippen LogP contribution in [0.1, 0.15) is 27.9 Å². The SMILES string of the molecule is Cc1cc2c(cc1C(F)(F)F)N=C1N(c3ccccc3)CCC1(O)C2=O. The summed E-state index contributed by atoms with van der Waals surface area (Å²) >= 11 is 0. The Bertz CT molecular complexity index is 938. The number of fused-ring (bicyclic) bond motifs is 2. The molecule has 2 aromatic carbocycles. The minimum atomic E-state index is -4.54. The number of hydrogen-bond donors (Lipinski definition) is 1. The molecule has 0 spiro atoms. The van der Waals surface area contributed by atoms with Gasteiger partial charge in [0.05, 0.1) is 11.3 Å². The number of rotatable bonds is 1. The van der Waals surface area contributed by atoms with E-state index in [-0.39, 0.29) is 29.1 Å². The first-order chi connectivity index (χ1) is 12.2. The lowest BCUT2D eigenvalue weighted by atomic mass is 9.86. The van der Waals surface area contributed by atoms with Crippen molar-refractivity contribution in [3.63, 3.8) is 0 Å². The van der Waals surface area contributed by atoms with Gasteiger partial charge < -0.3 is 10.0 Å². The van der Waals surface area contributed by atoms with Crippen molar-refractivity contribution in [1.29, 1.82) is 0 Å². The molecule has 2 heterocycles. The molecule has 2 aromatic rings. The Labute approximate surface area is 147 Å². The number of hydrogen-bond acceptors (Lipinski definition) is 4. The summed E-state index contributed by atoms with van der Waals surface area (Å²) in [4.78, 5) is 18.8. The smallest absolute Gasteiger partial charge is 0.374 e. The van der Waals surface area contributed by atoms with E-state index in [0.29, 0.717) is 6.54 Å². The summed E-state index contributed by atoms with van der Waals surface area (Å²) in [7, 11) is 0. The summed E-state index contributed by atoms with van der Waals surface area (Å²) in [6.45, 7) is 1.65. The fourth-order valence-electron chi connectivity index (χ4n) is 3.55. The number of carbonyl (C=O) groups excluding carboxylic acids is 1. The average molecular weight is 360 g/mol. The third-order valence-electron chi connectivity index (χ3n) is 4.89. The van der Waals surface area contributed by atoms with Crippen LogP contribution >= 0.6 is 0 Å². The predicted octanol–water partition coefficient (Wildman–Crippen LogP) is 3.88. The molecular formula is C19H15F3N2O2. The van der Waals surface area contributed by atoms with Gasteiger partial charge in [-0.25, -0.2) is 4.99 Å². The highest BCUT2D eigenvalue weighted by Crippen LogP contribution is 2.42. The number of Topliss-reactive ketones (excluding diaryl/α,β-unsaturated/α-hetero) is 1. The fourth-order valence-corrected chi connectivity index (χ4v) is 3.55. The third-order valence-corrected chi connectivity index (χ3v) is 4.89. The van der Waals surface area contributed by atoms with Crippen molar-refractivity contribution in [2.45, 2.75) is 25.1 Å². The van der Waals surface area contributed by atoms with Gasteiger partial charge >= 0.3 is 6.18 Å². The molecule has 1 saturated heterocycles. The van der Waals surface area contributed by atoms with E-state index in [4.69, 9.17) is 0 Å². The van der Waals surface area contributed by atoms with Gasteiger partial charge in [-0.1, -0.05) is 18.2 Å². The molecule has 1 atom stereocenters. The number of nitrogens with zero attached hydrogens (tertiary/aromatic N) is 2. The largest absolute Gasteiger partial charge is 0.416 e. The number of anilines is 1. The van der Waals surface area contributed by atoms with Crippen LogP contribution in [-0.2, 0) is 6.18 Å². The molecule has 26 heavy (non-hydrogen) atoms. The maximum Gasteiger partial charge on any atom is 0.416 e. The highest BCUT2D eigenvalue weighted by molar-refractivity contribution is 6.28. The highest BCUT2D eigenvalue weighted by atomic mass is 19.4. The number of aliphatic hydroxyl groups is 1. The number of amidine groups is 1. The Morgan fingerprint density at radius 3 is 2.54 bits per heavy atom. The van der Waals surface area contributed by atoms with Crippen LogP contribution in [-0.4, -0.2) is 28.9 Å². The van der Waals surface area contributed by atoms with Crippen LogP contribution in [0.3, 0.4) is 0 Å². The molecule has 0 saturated carbocycles. The Kier molecular flexibility index (Phi) is 3.49. The number of carbonyl (C=O) groups is 1. The minimum absolute atomic E-state index is 0.0247. The second-order valence-electron chi connectivity index (χ2n) is 6.54. The second kappa shape index (κ2) is 5.41. The van der Waals surface area contributed by atoms with Crippen molar-refractivity contribution in [2.24, 2.45) is 4.99 Å². The molecule has 4 rings (SSSR count). The van der Waals surface area contributed by atoms with Crippen molar-refractivity contribution < 1.29 is 23.1 Å². The lowest BCUT2D eigenvalue weighted by Crippen LogP contribution is -2.48. The van der Waals surface area contributed by atoms with Crippen molar-refractivity contribution in [1.82, 2.24) is 0 Å². The zero-order valence-electron chi connectivity index (χ0n) is 13.8. The number of aliphatic imine (C=N–C) groups is 1. The third kappa shape index (κ3) is 2.34. The summed E-state index contributed by atoms with van der Waals surface area (Å²) < 4.78 is 39.6. The zero-order valence-corrected chi connectivity index (χ0v) is 13.8. The van der Waals surface area contributed by atoms with E-state index in [0.717, 1.165) is 11.8 Å². The van der Waals surface area contributed by atoms with Crippen LogP contribution in [0.25, 0.3) is 0 Å². The molecule has 0 bridgehead atoms. The van der Waals surface area contributed by atoms with Gasteiger partial charge in [0.15, 0.2) is 5.60 Å². The van der Waals surface area contributed by atoms with Gasteiger partial charge in [0, 0.05) is 24.2 Å². The standard InChI is InChI=1S/C19H15F3N2O2/c1-11-9-13-15(10-14(11)19(20,21)22)23-17-18(26,16(13)25)7-8-24(17)12-5-3-2-4-6-12/h2-6,9-10,26H,7-8H2,1H3. The van der Waals surface area contributed by atoms with E-state index >= 15 is 0 Å². The first-order valence-electron chi connectivity index (χ1n) is 8.12. The summed E-state index contributed by atoms with van der Waals surface area (Å²) in [5, 5.41) is 10.9. The van der Waals surface area contributed by atoms with E-state index in [2.05, 4.69) is 4.99 Å². The second-order valence-corrected chi connectivity index (χ2v) is 6.54. The van der Waals surface area contributed by atoms with E-state index in [1.807, 2.05) is 6.07 Å². The Hall–Kier alpha value is -2.67. The molecule has 1 fully saturated rings. The average Bonchev–Trinajstić information content (AvgIpc) is 2.93. The van der Waals surface area contributed by atoms with E-state index < -0.39 is 23.1 Å². The van der Waals surface area contributed by atoms with Crippen molar-refractivity contribution in [2.75, 3.05) is 11.4 Å². The first kappa shape index (κ1) is 16.8. The Morgan fingerprint density at radius 2 is 1.88 bits per heavy atom. The van der Waals surface area contributed by atoms with Gasteiger partial charge in [-0.05, 0) is 36.8 Å². The normalized spacial score (nSPS) is 22.1. The molecule has 7 heteroatoms. The van der Waals surface area contributed by atoms with Crippen LogP contribution < -0.4 is 4.90 Å². The molecule has 4 nitrogen and oxygen atoms in total. The summed E-state index contributed by atoms with van der Waals surface area (Å²) in [6, 6.07) is 11.1. The fraction of sp³-hybridized carbons (Fsp3) is 0.263. The molecule has 134 valence electrons. The van der Waals surface area contributed by atoms with Gasteiger partial charge in [0.1, 0.15) is 5.84 Å². The lowest BCUT2D eigenvalue weighted by Gasteiger charge is -2.30. The van der Waals surface area contributed by atoms with E-state index in [1.54, 1.807) is 29.2 Å². The van der Waals surface area contributed by atoms with Crippen molar-refractivity contribution in [3.05, 3.63) is 59.2 Å². The molecule has 0 amide bonds. The van der Waals surface area contributed by atoms with Crippen LogP contribution in [0.2, 0.25) is 0 Å². The maximum atomic E-state index is 13.2. The molecule has 0 aromatic heterocycles. The molecule has 1 N–H and O–H groups in total. The van der Waals surface area contributed by atoms with E-state index in [1.165, 1.54) is 13.0 Å². The first-order valence-corrected chi connectivity index (χ1v) is 8.12. The highest BCUT2D eigenvalue weighted by Gasteiger charge is 2.52. The molecule has 1 unspecified atom stereocenters. The maximum absolute atomic E-state index is 13.2. The zero-order chi connectivity index (χ0) is 18.7. The van der Waals surface area contributed by atoms with Gasteiger partial charge in [-0.3, -0.25) is 4.79 Å². The van der Waals surface area contributed by atoms with E-state index in [9.17, 15) is 23.1 Å². The lowest BCUT2D eigenvalue weighted by molar-refractivity contribution is -0.138.